The van der Waals surface area contributed by atoms with Crippen molar-refractivity contribution in [3.8, 4) is 0 Å². The molecule has 0 aliphatic heterocycles. The number of carboxylic acids is 1. The van der Waals surface area contributed by atoms with E-state index in [0.29, 0.717) is 6.54 Å². The van der Waals surface area contributed by atoms with E-state index in [4.69, 9.17) is 5.11 Å². The largest absolute Gasteiger partial charge is 0.481 e. The molecular weight excluding hydrogens is 302 g/mol. The zero-order valence-electron chi connectivity index (χ0n) is 15.5. The molecule has 1 radical (unpaired) electrons. The van der Waals surface area contributed by atoms with E-state index >= 15 is 0 Å². The summed E-state index contributed by atoms with van der Waals surface area (Å²) in [5, 5.41) is 12.3. The molecule has 0 atom stereocenters. The summed E-state index contributed by atoms with van der Waals surface area (Å²) in [7, 11) is 0. The van der Waals surface area contributed by atoms with Crippen molar-refractivity contribution in [2.45, 2.75) is 96.8 Å². The van der Waals surface area contributed by atoms with Gasteiger partial charge in [-0.15, -0.1) is 0 Å². The number of carboxylic acid groups (broad SMARTS) is 1. The summed E-state index contributed by atoms with van der Waals surface area (Å²) >= 11 is 0. The molecule has 0 heterocycles. The Morgan fingerprint density at radius 2 is 1.33 bits per heavy atom. The minimum Gasteiger partial charge on any atom is -0.481 e. The first-order valence-electron chi connectivity index (χ1n) is 9.74. The fraction of sp³-hybridized carbons (Fsp3) is 0.800. The van der Waals surface area contributed by atoms with E-state index in [1.54, 1.807) is 0 Å². The smallest absolute Gasteiger partial charge is 0.303 e. The predicted octanol–water partition coefficient (Wildman–Crippen LogP) is 5.24. The number of carbonyl (C=O) groups is 2. The molecular formula is C20H36NO3. The lowest BCUT2D eigenvalue weighted by molar-refractivity contribution is -0.138. The van der Waals surface area contributed by atoms with E-state index in [0.717, 1.165) is 6.42 Å². The molecule has 1 N–H and O–H groups in total. The normalized spacial score (nSPS) is 11.0. The molecule has 1 amide bonds. The molecule has 0 aliphatic rings. The Labute approximate surface area is 148 Å². The van der Waals surface area contributed by atoms with E-state index in [2.05, 4.69) is 18.3 Å². The van der Waals surface area contributed by atoms with Gasteiger partial charge in [-0.2, -0.15) is 0 Å². The van der Waals surface area contributed by atoms with Crippen molar-refractivity contribution in [3.63, 3.8) is 0 Å². The van der Waals surface area contributed by atoms with Crippen molar-refractivity contribution in [2.75, 3.05) is 6.54 Å². The first kappa shape index (κ1) is 22.7. The molecule has 0 unspecified atom stereocenters. The Hall–Kier alpha value is -1.32. The Morgan fingerprint density at radius 3 is 1.88 bits per heavy atom. The van der Waals surface area contributed by atoms with Crippen molar-refractivity contribution in [2.24, 2.45) is 0 Å². The predicted molar refractivity (Wildman–Crippen MR) is 99.1 cm³/mol. The minimum absolute atomic E-state index is 0.00176. The van der Waals surface area contributed by atoms with Crippen LogP contribution in [0.1, 0.15) is 96.8 Å². The van der Waals surface area contributed by atoms with Gasteiger partial charge in [-0.05, 0) is 12.8 Å². The zero-order valence-corrected chi connectivity index (χ0v) is 15.5. The molecule has 24 heavy (non-hydrogen) atoms. The second-order valence-electron chi connectivity index (χ2n) is 6.42. The van der Waals surface area contributed by atoms with Crippen LogP contribution in [-0.4, -0.2) is 23.5 Å². The van der Waals surface area contributed by atoms with Crippen LogP contribution in [0.2, 0.25) is 0 Å². The summed E-state index contributed by atoms with van der Waals surface area (Å²) in [5.41, 5.74) is 0. The third kappa shape index (κ3) is 18.7. The van der Waals surface area contributed by atoms with Gasteiger partial charge in [0.1, 0.15) is 0 Å². The van der Waals surface area contributed by atoms with Gasteiger partial charge in [0.15, 0.2) is 0 Å². The fourth-order valence-corrected chi connectivity index (χ4v) is 2.57. The number of aliphatic carboxylic acids is 1. The van der Waals surface area contributed by atoms with Gasteiger partial charge in [-0.1, -0.05) is 83.3 Å². The molecule has 0 aromatic rings. The number of carbonyl (C=O) groups excluding carboxylic acids is 1. The number of unbranched alkanes of at least 4 members (excludes halogenated alkanes) is 11. The molecule has 4 heteroatoms. The van der Waals surface area contributed by atoms with Crippen molar-refractivity contribution in [1.82, 2.24) is 5.32 Å². The molecule has 0 fully saturated rings. The Balaban J connectivity index is 3.21. The summed E-state index contributed by atoms with van der Waals surface area (Å²) in [6.07, 6.45) is 19.7. The lowest BCUT2D eigenvalue weighted by Crippen LogP contribution is -2.16. The highest BCUT2D eigenvalue weighted by Crippen LogP contribution is 2.11. The molecule has 0 spiro atoms. The summed E-state index contributed by atoms with van der Waals surface area (Å²) in [6.45, 7) is 2.63. The number of hydrogen-bond acceptors (Lipinski definition) is 2. The first-order valence-corrected chi connectivity index (χ1v) is 9.74. The van der Waals surface area contributed by atoms with Crippen LogP contribution in [0.15, 0.2) is 12.2 Å². The Kier molecular flexibility index (Phi) is 17.0. The van der Waals surface area contributed by atoms with Gasteiger partial charge < -0.3 is 5.11 Å². The van der Waals surface area contributed by atoms with Crippen molar-refractivity contribution in [3.05, 3.63) is 12.2 Å². The van der Waals surface area contributed by atoms with E-state index in [-0.39, 0.29) is 18.7 Å². The maximum atomic E-state index is 11.2. The number of nitrogens with zero attached hydrogens (tertiary/aromatic N) is 1. The molecule has 0 rings (SSSR count). The molecule has 4 nitrogen and oxygen atoms in total. The van der Waals surface area contributed by atoms with Crippen LogP contribution in [0.5, 0.6) is 0 Å². The summed E-state index contributed by atoms with van der Waals surface area (Å²) < 4.78 is 0. The third-order valence-corrected chi connectivity index (χ3v) is 4.07. The lowest BCUT2D eigenvalue weighted by Gasteiger charge is -2.01. The molecule has 0 saturated heterocycles. The molecule has 0 bridgehead atoms. The van der Waals surface area contributed by atoms with Crippen LogP contribution < -0.4 is 5.32 Å². The quantitative estimate of drug-likeness (QED) is 0.291. The highest BCUT2D eigenvalue weighted by molar-refractivity contribution is 5.80. The van der Waals surface area contributed by atoms with Gasteiger partial charge in [-0.25, -0.2) is 5.32 Å². The minimum atomic E-state index is -0.953. The van der Waals surface area contributed by atoms with E-state index in [1.165, 1.54) is 70.6 Å². The van der Waals surface area contributed by atoms with Gasteiger partial charge in [0.05, 0.1) is 13.0 Å². The fourth-order valence-electron chi connectivity index (χ4n) is 2.57. The molecule has 0 aromatic heterocycles. The average Bonchev–Trinajstić information content (AvgIpc) is 2.56. The van der Waals surface area contributed by atoms with Crippen molar-refractivity contribution in [1.29, 1.82) is 0 Å². The van der Waals surface area contributed by atoms with Crippen molar-refractivity contribution < 1.29 is 14.7 Å². The van der Waals surface area contributed by atoms with Crippen LogP contribution in [0, 0.1) is 0 Å². The number of rotatable bonds is 17. The molecule has 0 saturated carbocycles. The monoisotopic (exact) mass is 338 g/mol. The molecule has 0 aliphatic carbocycles. The van der Waals surface area contributed by atoms with E-state index in [1.807, 2.05) is 6.08 Å². The van der Waals surface area contributed by atoms with Gasteiger partial charge in [-0.3, -0.25) is 9.59 Å². The zero-order chi connectivity index (χ0) is 17.9. The SMILES string of the molecule is CCCCCCCCCCCCCC=CC[N]C(=O)CCC(=O)O. The van der Waals surface area contributed by atoms with Crippen LogP contribution in [0.25, 0.3) is 0 Å². The van der Waals surface area contributed by atoms with Crippen LogP contribution in [0.4, 0.5) is 0 Å². The Bertz CT molecular complexity index is 340. The van der Waals surface area contributed by atoms with Crippen LogP contribution in [0.3, 0.4) is 0 Å². The topological polar surface area (TPSA) is 68.5 Å². The Morgan fingerprint density at radius 1 is 0.792 bits per heavy atom. The van der Waals surface area contributed by atoms with Crippen LogP contribution >= 0.6 is 0 Å². The second-order valence-corrected chi connectivity index (χ2v) is 6.42. The summed E-state index contributed by atoms with van der Waals surface area (Å²) in [4.78, 5) is 21.5. The van der Waals surface area contributed by atoms with Crippen molar-refractivity contribution >= 4 is 11.9 Å². The third-order valence-electron chi connectivity index (χ3n) is 4.07. The number of allylic oxidation sites excluding steroid dienone is 1. The van der Waals surface area contributed by atoms with Crippen LogP contribution in [-0.2, 0) is 9.59 Å². The molecule has 0 aromatic carbocycles. The standard InChI is InChI=1S/C20H36NO3/c1-2-3-4-5-6-7-8-9-10-11-12-13-14-15-18-21-19(22)16-17-20(23)24/h14-15H,2-13,16-18H2,1H3,(H,23,24). The second kappa shape index (κ2) is 18.0. The van der Waals surface area contributed by atoms with Gasteiger partial charge >= 0.3 is 5.97 Å². The number of hydrogen-bond donors (Lipinski definition) is 1. The maximum absolute atomic E-state index is 11.2. The van der Waals surface area contributed by atoms with E-state index < -0.39 is 5.97 Å². The van der Waals surface area contributed by atoms with Gasteiger partial charge in [0, 0.05) is 6.42 Å². The van der Waals surface area contributed by atoms with Gasteiger partial charge in [0.2, 0.25) is 5.91 Å². The lowest BCUT2D eigenvalue weighted by atomic mass is 10.1. The number of amides is 1. The maximum Gasteiger partial charge on any atom is 0.303 e. The van der Waals surface area contributed by atoms with Gasteiger partial charge in [0.25, 0.3) is 0 Å². The summed E-state index contributed by atoms with van der Waals surface area (Å²) in [5.74, 6) is -1.28. The highest BCUT2D eigenvalue weighted by atomic mass is 16.4. The first-order chi connectivity index (χ1) is 11.7. The summed E-state index contributed by atoms with van der Waals surface area (Å²) in [6, 6.07) is 0. The highest BCUT2D eigenvalue weighted by Gasteiger charge is 2.04. The average molecular weight is 339 g/mol. The molecule has 139 valence electrons. The van der Waals surface area contributed by atoms with E-state index in [9.17, 15) is 9.59 Å².